The van der Waals surface area contributed by atoms with Gasteiger partial charge in [0.15, 0.2) is 5.78 Å². The van der Waals surface area contributed by atoms with Crippen LogP contribution in [-0.4, -0.2) is 29.5 Å². The van der Waals surface area contributed by atoms with Crippen LogP contribution in [0.5, 0.6) is 0 Å². The summed E-state index contributed by atoms with van der Waals surface area (Å²) in [4.78, 5) is 13.4. The minimum absolute atomic E-state index is 0.225. The standard InChI is InChI=1S/C9H12ClNO4S/c1-6(12)7-3-4-8(11-10)9(2,5-7)16(13,14)15/h3-5,8,11H,1-2H3,(H,13,14,15). The summed E-state index contributed by atoms with van der Waals surface area (Å²) >= 11 is 5.41. The molecular formula is C9H12ClNO4S. The summed E-state index contributed by atoms with van der Waals surface area (Å²) in [6.07, 6.45) is 4.09. The summed E-state index contributed by atoms with van der Waals surface area (Å²) in [7, 11) is -4.38. The van der Waals surface area contributed by atoms with Gasteiger partial charge < -0.3 is 0 Å². The first-order valence-electron chi connectivity index (χ1n) is 4.47. The first kappa shape index (κ1) is 13.4. The molecule has 1 aliphatic rings. The van der Waals surface area contributed by atoms with Crippen molar-refractivity contribution in [2.24, 2.45) is 0 Å². The third-order valence-electron chi connectivity index (χ3n) is 2.61. The van der Waals surface area contributed by atoms with Gasteiger partial charge in [-0.05, 0) is 31.7 Å². The van der Waals surface area contributed by atoms with Gasteiger partial charge in [0.25, 0.3) is 10.1 Å². The Balaban J connectivity index is 3.33. The average Bonchev–Trinajstić information content (AvgIpc) is 2.15. The predicted octanol–water partition coefficient (Wildman–Crippen LogP) is 0.830. The van der Waals surface area contributed by atoms with Crippen molar-refractivity contribution < 1.29 is 17.8 Å². The maximum Gasteiger partial charge on any atom is 0.275 e. The molecular weight excluding hydrogens is 254 g/mol. The molecule has 16 heavy (non-hydrogen) atoms. The van der Waals surface area contributed by atoms with Crippen molar-refractivity contribution in [2.75, 3.05) is 0 Å². The van der Waals surface area contributed by atoms with E-state index in [1.54, 1.807) is 0 Å². The molecule has 0 aliphatic heterocycles. The molecule has 2 unspecified atom stereocenters. The van der Waals surface area contributed by atoms with Crippen LogP contribution in [0.15, 0.2) is 23.8 Å². The summed E-state index contributed by atoms with van der Waals surface area (Å²) in [5.41, 5.74) is 0.225. The highest BCUT2D eigenvalue weighted by molar-refractivity contribution is 7.87. The van der Waals surface area contributed by atoms with Crippen molar-refractivity contribution in [3.05, 3.63) is 23.8 Å². The Morgan fingerprint density at radius 3 is 2.56 bits per heavy atom. The number of nitrogens with one attached hydrogen (secondary N) is 1. The van der Waals surface area contributed by atoms with Crippen LogP contribution in [-0.2, 0) is 14.9 Å². The lowest BCUT2D eigenvalue weighted by molar-refractivity contribution is -0.113. The van der Waals surface area contributed by atoms with E-state index in [4.69, 9.17) is 11.8 Å². The van der Waals surface area contributed by atoms with E-state index in [0.717, 1.165) is 0 Å². The summed E-state index contributed by atoms with van der Waals surface area (Å²) in [6.45, 7) is 2.60. The number of Topliss-reactive ketones (excluding diaryl/α,β-unsaturated/α-hetero) is 1. The molecule has 90 valence electrons. The van der Waals surface area contributed by atoms with E-state index in [1.165, 1.54) is 32.1 Å². The van der Waals surface area contributed by atoms with Crippen LogP contribution in [0.3, 0.4) is 0 Å². The van der Waals surface area contributed by atoms with Gasteiger partial charge in [-0.3, -0.25) is 9.35 Å². The third kappa shape index (κ3) is 2.20. The molecule has 0 aromatic heterocycles. The molecule has 0 aromatic carbocycles. The van der Waals surface area contributed by atoms with Crippen LogP contribution in [0.2, 0.25) is 0 Å². The summed E-state index contributed by atoms with van der Waals surface area (Å²) in [5.74, 6) is -0.279. The molecule has 0 spiro atoms. The molecule has 0 saturated heterocycles. The number of carbonyl (C=O) groups is 1. The van der Waals surface area contributed by atoms with Crippen LogP contribution in [0.25, 0.3) is 0 Å². The molecule has 0 radical (unpaired) electrons. The number of hydrogen-bond donors (Lipinski definition) is 2. The van der Waals surface area contributed by atoms with Crippen LogP contribution in [0, 0.1) is 0 Å². The Labute approximate surface area is 99.0 Å². The largest absolute Gasteiger partial charge is 0.295 e. The summed E-state index contributed by atoms with van der Waals surface area (Å²) < 4.78 is 30.2. The monoisotopic (exact) mass is 265 g/mol. The lowest BCUT2D eigenvalue weighted by atomic mass is 9.91. The molecule has 0 aromatic rings. The highest BCUT2D eigenvalue weighted by Crippen LogP contribution is 2.29. The van der Waals surface area contributed by atoms with Gasteiger partial charge in [0.1, 0.15) is 4.75 Å². The average molecular weight is 266 g/mol. The lowest BCUT2D eigenvalue weighted by Crippen LogP contribution is -2.50. The zero-order valence-electron chi connectivity index (χ0n) is 8.77. The minimum atomic E-state index is -4.38. The molecule has 0 heterocycles. The van der Waals surface area contributed by atoms with E-state index in [0.29, 0.717) is 0 Å². The second kappa shape index (κ2) is 4.29. The maximum atomic E-state index is 11.3. The van der Waals surface area contributed by atoms with E-state index in [1.807, 2.05) is 0 Å². The number of halogens is 1. The van der Waals surface area contributed by atoms with Crippen molar-refractivity contribution in [1.82, 2.24) is 4.84 Å². The SMILES string of the molecule is CC(=O)C1=CC(C)(S(=O)(=O)O)C(NCl)C=C1. The molecule has 1 rings (SSSR count). The van der Waals surface area contributed by atoms with Gasteiger partial charge in [-0.15, -0.1) is 0 Å². The zero-order valence-corrected chi connectivity index (χ0v) is 10.3. The number of ketones is 1. The molecule has 2 N–H and O–H groups in total. The number of rotatable bonds is 3. The first-order chi connectivity index (χ1) is 7.22. The lowest BCUT2D eigenvalue weighted by Gasteiger charge is -2.31. The Kier molecular flexibility index (Phi) is 3.59. The fraction of sp³-hybridized carbons (Fsp3) is 0.444. The van der Waals surface area contributed by atoms with E-state index < -0.39 is 20.9 Å². The van der Waals surface area contributed by atoms with E-state index in [2.05, 4.69) is 4.84 Å². The molecule has 0 fully saturated rings. The van der Waals surface area contributed by atoms with Gasteiger partial charge in [-0.25, -0.2) is 4.84 Å². The fourth-order valence-electron chi connectivity index (χ4n) is 1.44. The molecule has 0 bridgehead atoms. The number of hydrogen-bond acceptors (Lipinski definition) is 4. The molecule has 0 saturated carbocycles. The van der Waals surface area contributed by atoms with Gasteiger partial charge in [0.05, 0.1) is 6.04 Å². The highest BCUT2D eigenvalue weighted by Gasteiger charge is 2.44. The highest BCUT2D eigenvalue weighted by atomic mass is 35.5. The van der Waals surface area contributed by atoms with Crippen molar-refractivity contribution in [2.45, 2.75) is 24.6 Å². The number of allylic oxidation sites excluding steroid dienone is 2. The molecule has 1 aliphatic carbocycles. The minimum Gasteiger partial charge on any atom is -0.295 e. The molecule has 0 amide bonds. The Morgan fingerprint density at radius 2 is 2.19 bits per heavy atom. The van der Waals surface area contributed by atoms with E-state index in [9.17, 15) is 17.8 Å². The molecule has 7 heteroatoms. The molecule has 5 nitrogen and oxygen atoms in total. The normalized spacial score (nSPS) is 30.0. The Bertz CT molecular complexity index is 468. The smallest absolute Gasteiger partial charge is 0.275 e. The Morgan fingerprint density at radius 1 is 1.62 bits per heavy atom. The Hall–Kier alpha value is -0.690. The van der Waals surface area contributed by atoms with Crippen molar-refractivity contribution >= 4 is 27.7 Å². The van der Waals surface area contributed by atoms with Crippen molar-refractivity contribution in [1.29, 1.82) is 0 Å². The molecule has 2 atom stereocenters. The predicted molar refractivity (Wildman–Crippen MR) is 60.6 cm³/mol. The summed E-state index contributed by atoms with van der Waals surface area (Å²) in [5, 5.41) is 0. The summed E-state index contributed by atoms with van der Waals surface area (Å²) in [6, 6.07) is -0.799. The van der Waals surface area contributed by atoms with E-state index in [-0.39, 0.29) is 11.4 Å². The van der Waals surface area contributed by atoms with Crippen LogP contribution in [0.1, 0.15) is 13.8 Å². The van der Waals surface area contributed by atoms with Crippen molar-refractivity contribution in [3.8, 4) is 0 Å². The number of carbonyl (C=O) groups excluding carboxylic acids is 1. The second-order valence-corrected chi connectivity index (χ2v) is 5.81. The second-order valence-electron chi connectivity index (χ2n) is 3.76. The first-order valence-corrected chi connectivity index (χ1v) is 6.29. The van der Waals surface area contributed by atoms with Gasteiger partial charge in [-0.2, -0.15) is 8.42 Å². The van der Waals surface area contributed by atoms with Gasteiger partial charge in [0.2, 0.25) is 0 Å². The van der Waals surface area contributed by atoms with Crippen LogP contribution in [0.4, 0.5) is 0 Å². The van der Waals surface area contributed by atoms with Crippen molar-refractivity contribution in [3.63, 3.8) is 0 Å². The van der Waals surface area contributed by atoms with Crippen LogP contribution >= 0.6 is 11.8 Å². The van der Waals surface area contributed by atoms with E-state index >= 15 is 0 Å². The topological polar surface area (TPSA) is 83.5 Å². The van der Waals surface area contributed by atoms with Gasteiger partial charge in [-0.1, -0.05) is 12.2 Å². The van der Waals surface area contributed by atoms with Crippen LogP contribution < -0.4 is 4.84 Å². The van der Waals surface area contributed by atoms with Gasteiger partial charge in [0, 0.05) is 5.57 Å². The quantitative estimate of drug-likeness (QED) is 0.583. The fourth-order valence-corrected chi connectivity index (χ4v) is 2.53. The zero-order chi connectivity index (χ0) is 12.6. The maximum absolute atomic E-state index is 11.3. The van der Waals surface area contributed by atoms with Gasteiger partial charge >= 0.3 is 0 Å². The third-order valence-corrected chi connectivity index (χ3v) is 4.33.